The largest absolute Gasteiger partial charge is 0.435 e. The number of piperazine rings is 1. The fourth-order valence-corrected chi connectivity index (χ4v) is 4.21. The molecule has 4 aromatic rings. The zero-order valence-corrected chi connectivity index (χ0v) is 18.6. The number of nitrogens with one attached hydrogen (secondary N) is 1. The number of nitrogens with zero attached hydrogens (tertiary/aromatic N) is 4. The van der Waals surface area contributed by atoms with Crippen molar-refractivity contribution in [2.75, 3.05) is 31.1 Å². The summed E-state index contributed by atoms with van der Waals surface area (Å²) in [5, 5.41) is 0.859. The molecule has 180 valence electrons. The number of carbonyl (C=O) groups is 1. The van der Waals surface area contributed by atoms with Crippen LogP contribution in [0.15, 0.2) is 60.9 Å². The van der Waals surface area contributed by atoms with Crippen molar-refractivity contribution in [1.29, 1.82) is 0 Å². The number of anilines is 1. The Hall–Kier alpha value is -4.08. The highest BCUT2D eigenvalue weighted by atomic mass is 19.3. The lowest BCUT2D eigenvalue weighted by Gasteiger charge is -2.35. The minimum Gasteiger partial charge on any atom is -0.435 e. The van der Waals surface area contributed by atoms with E-state index < -0.39 is 6.61 Å². The van der Waals surface area contributed by atoms with E-state index in [1.165, 1.54) is 30.6 Å². The zero-order valence-electron chi connectivity index (χ0n) is 18.6. The summed E-state index contributed by atoms with van der Waals surface area (Å²) in [5.41, 5.74) is 3.09. The predicted molar refractivity (Wildman–Crippen MR) is 125 cm³/mol. The van der Waals surface area contributed by atoms with Crippen LogP contribution in [0.5, 0.6) is 5.75 Å². The Balaban J connectivity index is 1.24. The molecule has 0 aliphatic carbocycles. The highest BCUT2D eigenvalue weighted by Gasteiger charge is 2.24. The summed E-state index contributed by atoms with van der Waals surface area (Å²) in [6, 6.07) is 14.3. The van der Waals surface area contributed by atoms with E-state index in [0.29, 0.717) is 31.8 Å². The molecule has 5 rings (SSSR count). The van der Waals surface area contributed by atoms with Crippen LogP contribution in [0, 0.1) is 5.82 Å². The van der Waals surface area contributed by atoms with Crippen LogP contribution in [-0.2, 0) is 11.2 Å². The van der Waals surface area contributed by atoms with Gasteiger partial charge in [-0.3, -0.25) is 4.79 Å². The fraction of sp³-hybridized carbons (Fsp3) is 0.240. The number of aromatic nitrogens is 3. The second-order valence-electron chi connectivity index (χ2n) is 8.22. The van der Waals surface area contributed by atoms with E-state index in [1.807, 2.05) is 6.07 Å². The van der Waals surface area contributed by atoms with Crippen LogP contribution in [-0.4, -0.2) is 58.5 Å². The second-order valence-corrected chi connectivity index (χ2v) is 8.22. The Morgan fingerprint density at radius 3 is 2.40 bits per heavy atom. The van der Waals surface area contributed by atoms with Gasteiger partial charge in [-0.05, 0) is 53.6 Å². The summed E-state index contributed by atoms with van der Waals surface area (Å²) >= 11 is 0. The van der Waals surface area contributed by atoms with Gasteiger partial charge in [0.2, 0.25) is 5.91 Å². The normalized spacial score (nSPS) is 14.1. The molecule has 0 atom stereocenters. The van der Waals surface area contributed by atoms with Gasteiger partial charge in [0.05, 0.1) is 11.8 Å². The molecule has 0 unspecified atom stereocenters. The molecule has 2 aromatic heterocycles. The van der Waals surface area contributed by atoms with Crippen molar-refractivity contribution in [1.82, 2.24) is 19.9 Å². The summed E-state index contributed by atoms with van der Waals surface area (Å²) < 4.78 is 42.2. The number of rotatable bonds is 6. The first-order valence-corrected chi connectivity index (χ1v) is 11.1. The van der Waals surface area contributed by atoms with Crippen molar-refractivity contribution >= 4 is 22.8 Å². The molecule has 1 fully saturated rings. The van der Waals surface area contributed by atoms with E-state index in [-0.39, 0.29) is 23.9 Å². The maximum atomic E-state index is 13.3. The SMILES string of the molecule is O=C(Cc1ccc(OC(F)F)cc1)N1CCN(c2ncnc3[nH]c(-c4ccc(F)cc4)cc23)CC1. The van der Waals surface area contributed by atoms with Crippen LogP contribution in [0.25, 0.3) is 22.3 Å². The molecule has 0 saturated carbocycles. The standard InChI is InChI=1S/C25H22F3N5O2/c26-18-5-3-17(4-6-18)21-14-20-23(31-21)29-15-30-24(20)33-11-9-32(10-12-33)22(34)13-16-1-7-19(8-2-16)35-25(27)28/h1-8,14-15,25H,9-13H2,(H,29,30,31). The number of alkyl halides is 2. The Morgan fingerprint density at radius 1 is 1.00 bits per heavy atom. The van der Waals surface area contributed by atoms with Crippen molar-refractivity contribution < 1.29 is 22.7 Å². The fourth-order valence-electron chi connectivity index (χ4n) is 4.21. The van der Waals surface area contributed by atoms with Crippen molar-refractivity contribution in [3.05, 3.63) is 72.3 Å². The van der Waals surface area contributed by atoms with Crippen LogP contribution < -0.4 is 9.64 Å². The Labute approximate surface area is 199 Å². The maximum absolute atomic E-state index is 13.3. The van der Waals surface area contributed by atoms with Crippen LogP contribution >= 0.6 is 0 Å². The first-order valence-electron chi connectivity index (χ1n) is 11.1. The number of amides is 1. The molecular weight excluding hydrogens is 459 g/mol. The first kappa shape index (κ1) is 22.7. The van der Waals surface area contributed by atoms with E-state index in [2.05, 4.69) is 24.6 Å². The molecule has 35 heavy (non-hydrogen) atoms. The number of H-pyrrole nitrogens is 1. The number of benzene rings is 2. The Kier molecular flexibility index (Phi) is 6.26. The molecule has 0 spiro atoms. The molecule has 7 nitrogen and oxygen atoms in total. The van der Waals surface area contributed by atoms with Crippen molar-refractivity contribution in [2.24, 2.45) is 0 Å². The van der Waals surface area contributed by atoms with Gasteiger partial charge < -0.3 is 19.5 Å². The Morgan fingerprint density at radius 2 is 1.71 bits per heavy atom. The summed E-state index contributed by atoms with van der Waals surface area (Å²) in [5.74, 6) is 0.519. The molecule has 3 heterocycles. The number of aromatic amines is 1. The maximum Gasteiger partial charge on any atom is 0.387 e. The smallest absolute Gasteiger partial charge is 0.387 e. The Bertz CT molecular complexity index is 1320. The van der Waals surface area contributed by atoms with Gasteiger partial charge in [0, 0.05) is 31.9 Å². The number of hydrogen-bond donors (Lipinski definition) is 1. The molecule has 1 aliphatic heterocycles. The topological polar surface area (TPSA) is 74.3 Å². The molecule has 1 amide bonds. The molecule has 2 aromatic carbocycles. The molecule has 10 heteroatoms. The highest BCUT2D eigenvalue weighted by molar-refractivity contribution is 5.92. The van der Waals surface area contributed by atoms with Crippen LogP contribution in [0.3, 0.4) is 0 Å². The van der Waals surface area contributed by atoms with Crippen molar-refractivity contribution in [3.8, 4) is 17.0 Å². The molecule has 0 bridgehead atoms. The van der Waals surface area contributed by atoms with E-state index in [9.17, 15) is 18.0 Å². The zero-order chi connectivity index (χ0) is 24.4. The third kappa shape index (κ3) is 5.06. The van der Waals surface area contributed by atoms with E-state index in [0.717, 1.165) is 28.0 Å². The van der Waals surface area contributed by atoms with Gasteiger partial charge in [-0.2, -0.15) is 8.78 Å². The lowest BCUT2D eigenvalue weighted by molar-refractivity contribution is -0.130. The van der Waals surface area contributed by atoms with Gasteiger partial charge >= 0.3 is 6.61 Å². The number of ether oxygens (including phenoxy) is 1. The minimum absolute atomic E-state index is 0.0275. The van der Waals surface area contributed by atoms with Gasteiger partial charge in [-0.15, -0.1) is 0 Å². The average Bonchev–Trinajstić information content (AvgIpc) is 3.30. The van der Waals surface area contributed by atoms with Gasteiger partial charge in [-0.1, -0.05) is 12.1 Å². The summed E-state index contributed by atoms with van der Waals surface area (Å²) in [6.45, 7) is -0.597. The lowest BCUT2D eigenvalue weighted by Crippen LogP contribution is -2.49. The monoisotopic (exact) mass is 481 g/mol. The summed E-state index contributed by atoms with van der Waals surface area (Å²) in [7, 11) is 0. The molecule has 1 aliphatic rings. The third-order valence-electron chi connectivity index (χ3n) is 6.00. The summed E-state index contributed by atoms with van der Waals surface area (Å²) in [4.78, 5) is 28.8. The highest BCUT2D eigenvalue weighted by Crippen LogP contribution is 2.29. The second kappa shape index (κ2) is 9.65. The molecule has 1 saturated heterocycles. The van der Waals surface area contributed by atoms with Gasteiger partial charge in [-0.25, -0.2) is 14.4 Å². The predicted octanol–water partition coefficient (Wildman–Crippen LogP) is 4.26. The van der Waals surface area contributed by atoms with Crippen LogP contribution in [0.4, 0.5) is 19.0 Å². The van der Waals surface area contributed by atoms with E-state index in [1.54, 1.807) is 29.2 Å². The van der Waals surface area contributed by atoms with Crippen molar-refractivity contribution in [3.63, 3.8) is 0 Å². The van der Waals surface area contributed by atoms with Gasteiger partial charge in [0.1, 0.15) is 29.4 Å². The first-order chi connectivity index (χ1) is 17.0. The average molecular weight is 481 g/mol. The van der Waals surface area contributed by atoms with Gasteiger partial charge in [0.15, 0.2) is 0 Å². The quantitative estimate of drug-likeness (QED) is 0.446. The molecular formula is C25H22F3N5O2. The van der Waals surface area contributed by atoms with Crippen LogP contribution in [0.2, 0.25) is 0 Å². The third-order valence-corrected chi connectivity index (χ3v) is 6.00. The number of carbonyl (C=O) groups excluding carboxylic acids is 1. The number of hydrogen-bond acceptors (Lipinski definition) is 5. The van der Waals surface area contributed by atoms with Crippen LogP contribution in [0.1, 0.15) is 5.56 Å². The lowest BCUT2D eigenvalue weighted by atomic mass is 10.1. The molecule has 0 radical (unpaired) electrons. The van der Waals surface area contributed by atoms with E-state index in [4.69, 9.17) is 0 Å². The van der Waals surface area contributed by atoms with Gasteiger partial charge in [0.25, 0.3) is 0 Å². The summed E-state index contributed by atoms with van der Waals surface area (Å²) in [6.07, 6.45) is 1.69. The number of fused-ring (bicyclic) bond motifs is 1. The number of halogens is 3. The molecule has 1 N–H and O–H groups in total. The van der Waals surface area contributed by atoms with E-state index >= 15 is 0 Å². The van der Waals surface area contributed by atoms with Crippen molar-refractivity contribution in [2.45, 2.75) is 13.0 Å². The minimum atomic E-state index is -2.88.